The van der Waals surface area contributed by atoms with Crippen molar-refractivity contribution in [1.29, 1.82) is 0 Å². The van der Waals surface area contributed by atoms with Crippen molar-refractivity contribution in [2.75, 3.05) is 0 Å². The van der Waals surface area contributed by atoms with Gasteiger partial charge in [-0.25, -0.2) is 0 Å². The highest BCUT2D eigenvalue weighted by atomic mass is 32.1. The van der Waals surface area contributed by atoms with E-state index >= 15 is 0 Å². The molecule has 2 rings (SSSR count). The molecule has 2 aromatic heterocycles. The standard InChI is InChI=1S/C6H4N2S3/c9-4-3-1-2-11-5(3)8-6(10)7-4/h1-2H,(H2,7,8,9,10). The van der Waals surface area contributed by atoms with E-state index < -0.39 is 0 Å². The van der Waals surface area contributed by atoms with Gasteiger partial charge in [0.2, 0.25) is 0 Å². The lowest BCUT2D eigenvalue weighted by molar-refractivity contribution is 1.18. The monoisotopic (exact) mass is 200 g/mol. The van der Waals surface area contributed by atoms with E-state index in [-0.39, 0.29) is 0 Å². The van der Waals surface area contributed by atoms with Gasteiger partial charge in [-0.1, -0.05) is 12.2 Å². The molecule has 0 aliphatic heterocycles. The van der Waals surface area contributed by atoms with Crippen molar-refractivity contribution >= 4 is 46.0 Å². The van der Waals surface area contributed by atoms with Gasteiger partial charge in [0.05, 0.1) is 0 Å². The van der Waals surface area contributed by atoms with Crippen molar-refractivity contribution in [2.24, 2.45) is 0 Å². The Balaban J connectivity index is 3.15. The minimum atomic E-state index is 0.588. The molecule has 2 aromatic rings. The van der Waals surface area contributed by atoms with Crippen LogP contribution in [0.25, 0.3) is 10.2 Å². The molecule has 0 fully saturated rings. The second-order valence-electron chi connectivity index (χ2n) is 2.07. The average Bonchev–Trinajstić information content (AvgIpc) is 2.34. The molecule has 0 bridgehead atoms. The third-order valence-corrected chi connectivity index (χ3v) is 2.72. The molecule has 11 heavy (non-hydrogen) atoms. The molecule has 56 valence electrons. The van der Waals surface area contributed by atoms with Crippen molar-refractivity contribution in [3.05, 3.63) is 20.9 Å². The highest BCUT2D eigenvalue weighted by Gasteiger charge is 1.94. The summed E-state index contributed by atoms with van der Waals surface area (Å²) in [5.74, 6) is 0. The molecule has 0 spiro atoms. The van der Waals surface area contributed by atoms with Crippen LogP contribution in [-0.4, -0.2) is 9.97 Å². The Morgan fingerprint density at radius 2 is 2.09 bits per heavy atom. The van der Waals surface area contributed by atoms with Crippen molar-refractivity contribution in [2.45, 2.75) is 0 Å². The highest BCUT2D eigenvalue weighted by molar-refractivity contribution is 7.72. The van der Waals surface area contributed by atoms with Crippen LogP contribution in [-0.2, 0) is 0 Å². The van der Waals surface area contributed by atoms with Crippen LogP contribution in [0.1, 0.15) is 0 Å². The lowest BCUT2D eigenvalue weighted by atomic mass is 10.4. The van der Waals surface area contributed by atoms with Gasteiger partial charge in [0, 0.05) is 5.39 Å². The Labute approximate surface area is 76.9 Å². The zero-order valence-electron chi connectivity index (χ0n) is 5.38. The first-order chi connectivity index (χ1) is 5.27. The maximum atomic E-state index is 5.06. The fourth-order valence-electron chi connectivity index (χ4n) is 0.890. The fraction of sp³-hybridized carbons (Fsp3) is 0. The number of hydrogen-bond acceptors (Lipinski definition) is 3. The quantitative estimate of drug-likeness (QED) is 0.641. The summed E-state index contributed by atoms with van der Waals surface area (Å²) in [6.45, 7) is 0. The molecule has 0 saturated carbocycles. The molecule has 2 heterocycles. The molecule has 5 heteroatoms. The molecule has 0 aromatic carbocycles. The summed E-state index contributed by atoms with van der Waals surface area (Å²) in [6, 6.07) is 1.98. The Hall–Kier alpha value is -0.520. The van der Waals surface area contributed by atoms with Crippen LogP contribution in [0.4, 0.5) is 0 Å². The third-order valence-electron chi connectivity index (χ3n) is 1.36. The number of hydrogen-bond donors (Lipinski definition) is 2. The maximum Gasteiger partial charge on any atom is 0.176 e. The van der Waals surface area contributed by atoms with Crippen molar-refractivity contribution in [3.8, 4) is 0 Å². The molecule has 0 radical (unpaired) electrons. The summed E-state index contributed by atoms with van der Waals surface area (Å²) in [4.78, 5) is 6.94. The van der Waals surface area contributed by atoms with Crippen LogP contribution in [0.3, 0.4) is 0 Å². The normalized spacial score (nSPS) is 10.5. The van der Waals surface area contributed by atoms with Gasteiger partial charge in [0.25, 0.3) is 0 Å². The summed E-state index contributed by atoms with van der Waals surface area (Å²) in [5, 5.41) is 3.03. The summed E-state index contributed by atoms with van der Waals surface area (Å²) >= 11 is 11.6. The lowest BCUT2D eigenvalue weighted by Crippen LogP contribution is -1.80. The van der Waals surface area contributed by atoms with E-state index in [0.29, 0.717) is 9.41 Å². The molecule has 0 aliphatic rings. The second kappa shape index (κ2) is 2.51. The Kier molecular flexibility index (Phi) is 1.63. The molecule has 0 unspecified atom stereocenters. The summed E-state index contributed by atoms with van der Waals surface area (Å²) in [7, 11) is 0. The number of thiophene rings is 1. The van der Waals surface area contributed by atoms with Gasteiger partial charge in [-0.3, -0.25) is 0 Å². The van der Waals surface area contributed by atoms with E-state index in [4.69, 9.17) is 24.4 Å². The molecule has 0 amide bonds. The van der Waals surface area contributed by atoms with E-state index in [1.54, 1.807) is 11.3 Å². The summed E-state index contributed by atoms with van der Waals surface area (Å²) in [6.07, 6.45) is 0. The van der Waals surface area contributed by atoms with Crippen molar-refractivity contribution < 1.29 is 0 Å². The van der Waals surface area contributed by atoms with Crippen LogP contribution in [0.5, 0.6) is 0 Å². The number of nitrogens with one attached hydrogen (secondary N) is 2. The molecule has 0 atom stereocenters. The van der Waals surface area contributed by atoms with Crippen LogP contribution >= 0.6 is 35.8 Å². The van der Waals surface area contributed by atoms with Gasteiger partial charge < -0.3 is 9.97 Å². The van der Waals surface area contributed by atoms with E-state index in [1.165, 1.54) is 0 Å². The van der Waals surface area contributed by atoms with Crippen LogP contribution in [0.2, 0.25) is 0 Å². The van der Waals surface area contributed by atoms with Gasteiger partial charge in [0.1, 0.15) is 9.47 Å². The van der Waals surface area contributed by atoms with Gasteiger partial charge in [-0.05, 0) is 23.7 Å². The number of aromatic amines is 2. The van der Waals surface area contributed by atoms with Crippen LogP contribution in [0.15, 0.2) is 11.4 Å². The topological polar surface area (TPSA) is 31.6 Å². The molecule has 2 N–H and O–H groups in total. The molecular formula is C6H4N2S3. The minimum absolute atomic E-state index is 0.588. The number of H-pyrrole nitrogens is 2. The van der Waals surface area contributed by atoms with Gasteiger partial charge in [-0.15, -0.1) is 11.3 Å². The van der Waals surface area contributed by atoms with E-state index in [9.17, 15) is 0 Å². The van der Waals surface area contributed by atoms with Crippen molar-refractivity contribution in [3.63, 3.8) is 0 Å². The van der Waals surface area contributed by atoms with Gasteiger partial charge >= 0.3 is 0 Å². The largest absolute Gasteiger partial charge is 0.324 e. The van der Waals surface area contributed by atoms with E-state index in [2.05, 4.69) is 9.97 Å². The predicted molar refractivity (Wildman–Crippen MR) is 52.2 cm³/mol. The zero-order chi connectivity index (χ0) is 7.84. The fourth-order valence-corrected chi connectivity index (χ4v) is 2.36. The smallest absolute Gasteiger partial charge is 0.176 e. The SMILES string of the molecule is S=c1[nH]c(=S)c2ccsc2[nH]1. The van der Waals surface area contributed by atoms with E-state index in [0.717, 1.165) is 10.2 Å². The minimum Gasteiger partial charge on any atom is -0.324 e. The number of rotatable bonds is 0. The number of aromatic nitrogens is 2. The first-order valence-electron chi connectivity index (χ1n) is 2.97. The lowest BCUT2D eigenvalue weighted by Gasteiger charge is -1.88. The molecule has 2 nitrogen and oxygen atoms in total. The molecular weight excluding hydrogens is 196 g/mol. The van der Waals surface area contributed by atoms with Crippen LogP contribution in [0, 0.1) is 9.41 Å². The molecule has 0 aliphatic carbocycles. The number of fused-ring (bicyclic) bond motifs is 1. The predicted octanol–water partition coefficient (Wildman–Crippen LogP) is 3.02. The van der Waals surface area contributed by atoms with Crippen molar-refractivity contribution in [1.82, 2.24) is 9.97 Å². The maximum absolute atomic E-state index is 5.06. The Bertz CT molecular complexity index is 490. The summed E-state index contributed by atoms with van der Waals surface area (Å²) < 4.78 is 1.30. The Morgan fingerprint density at radius 3 is 2.91 bits per heavy atom. The summed E-state index contributed by atoms with van der Waals surface area (Å²) in [5.41, 5.74) is 0. The molecule has 0 saturated heterocycles. The van der Waals surface area contributed by atoms with E-state index in [1.807, 2.05) is 11.4 Å². The zero-order valence-corrected chi connectivity index (χ0v) is 7.83. The third kappa shape index (κ3) is 1.15. The van der Waals surface area contributed by atoms with Gasteiger partial charge in [0.15, 0.2) is 4.77 Å². The van der Waals surface area contributed by atoms with Crippen LogP contribution < -0.4 is 0 Å². The first kappa shape index (κ1) is 7.15. The average molecular weight is 200 g/mol. The highest BCUT2D eigenvalue weighted by Crippen LogP contribution is 2.17. The Morgan fingerprint density at radius 1 is 1.27 bits per heavy atom. The first-order valence-corrected chi connectivity index (χ1v) is 4.67. The second-order valence-corrected chi connectivity index (χ2v) is 3.80. The van der Waals surface area contributed by atoms with Gasteiger partial charge in [-0.2, -0.15) is 0 Å².